The van der Waals surface area contributed by atoms with Crippen LogP contribution in [-0.2, 0) is 16.4 Å². The van der Waals surface area contributed by atoms with Crippen LogP contribution in [0, 0.1) is 0 Å². The monoisotopic (exact) mass is 271 g/mol. The predicted molar refractivity (Wildman–Crippen MR) is 68.7 cm³/mol. The van der Waals surface area contributed by atoms with Crippen molar-refractivity contribution in [2.45, 2.75) is 17.7 Å². The van der Waals surface area contributed by atoms with Crippen LogP contribution in [0.4, 0.5) is 5.69 Å². The third-order valence-corrected chi connectivity index (χ3v) is 4.07. The molecule has 1 aliphatic rings. The van der Waals surface area contributed by atoms with Gasteiger partial charge in [-0.2, -0.15) is 0 Å². The van der Waals surface area contributed by atoms with Crippen LogP contribution < -0.4 is 15.3 Å². The number of nitrogens with one attached hydrogen (secondary N) is 1. The molecule has 6 nitrogen and oxygen atoms in total. The first-order valence-electron chi connectivity index (χ1n) is 5.65. The van der Waals surface area contributed by atoms with Gasteiger partial charge in [0.05, 0.1) is 6.61 Å². The van der Waals surface area contributed by atoms with Crippen molar-refractivity contribution in [2.75, 3.05) is 26.4 Å². The van der Waals surface area contributed by atoms with Crippen molar-refractivity contribution in [2.24, 2.45) is 0 Å². The largest absolute Gasteiger partial charge is 0.492 e. The first-order valence-corrected chi connectivity index (χ1v) is 7.13. The molecule has 18 heavy (non-hydrogen) atoms. The molecule has 0 aromatic heterocycles. The highest BCUT2D eigenvalue weighted by Gasteiger charge is 2.25. The summed E-state index contributed by atoms with van der Waals surface area (Å²) in [5.74, 6) is 0.421. The maximum Gasteiger partial charge on any atom is 0.257 e. The molecule has 0 spiro atoms. The Morgan fingerprint density at radius 1 is 1.39 bits per heavy atom. The lowest BCUT2D eigenvalue weighted by molar-refractivity contribution is 0.279. The Bertz CT molecular complexity index is 555. The van der Waals surface area contributed by atoms with Crippen molar-refractivity contribution in [3.63, 3.8) is 0 Å². The van der Waals surface area contributed by atoms with E-state index in [9.17, 15) is 8.42 Å². The zero-order valence-corrected chi connectivity index (χ0v) is 11.3. The number of aryl methyl sites for hydroxylation is 1. The molecule has 100 valence electrons. The summed E-state index contributed by atoms with van der Waals surface area (Å²) in [6.45, 7) is 0.529. The summed E-state index contributed by atoms with van der Waals surface area (Å²) < 4.78 is 29.8. The molecule has 0 aliphatic carbocycles. The molecule has 2 rings (SSSR count). The minimum Gasteiger partial charge on any atom is -0.492 e. The van der Waals surface area contributed by atoms with E-state index >= 15 is 0 Å². The average Bonchev–Trinajstić information content (AvgIpc) is 2.26. The van der Waals surface area contributed by atoms with Crippen LogP contribution >= 0.6 is 0 Å². The maximum absolute atomic E-state index is 12.2. The van der Waals surface area contributed by atoms with Crippen molar-refractivity contribution in [3.05, 3.63) is 17.7 Å². The van der Waals surface area contributed by atoms with E-state index in [0.717, 1.165) is 18.4 Å². The molecule has 1 aromatic rings. The summed E-state index contributed by atoms with van der Waals surface area (Å²) in [6, 6.07) is 3.19. The summed E-state index contributed by atoms with van der Waals surface area (Å²) in [6.07, 6.45) is 1.65. The zero-order valence-electron chi connectivity index (χ0n) is 10.4. The van der Waals surface area contributed by atoms with Gasteiger partial charge in [0.25, 0.3) is 10.0 Å². The molecule has 3 N–H and O–H groups in total. The highest BCUT2D eigenvalue weighted by molar-refractivity contribution is 7.89. The van der Waals surface area contributed by atoms with Gasteiger partial charge in [-0.05, 0) is 30.5 Å². The molecular weight excluding hydrogens is 254 g/mol. The molecule has 0 saturated carbocycles. The molecule has 7 heteroatoms. The van der Waals surface area contributed by atoms with Gasteiger partial charge in [-0.1, -0.05) is 0 Å². The molecule has 0 unspecified atom stereocenters. The van der Waals surface area contributed by atoms with Gasteiger partial charge in [-0.3, -0.25) is 0 Å². The van der Waals surface area contributed by atoms with Gasteiger partial charge in [0.15, 0.2) is 0 Å². The number of nitrogen functional groups attached to an aromatic ring is 1. The number of benzene rings is 1. The van der Waals surface area contributed by atoms with Crippen LogP contribution in [0.15, 0.2) is 17.0 Å². The number of nitrogens with two attached hydrogens (primary N) is 1. The van der Waals surface area contributed by atoms with Crippen molar-refractivity contribution in [1.82, 2.24) is 9.84 Å². The Morgan fingerprint density at radius 3 is 2.78 bits per heavy atom. The molecule has 1 aromatic carbocycles. The van der Waals surface area contributed by atoms with E-state index in [1.165, 1.54) is 11.1 Å². The number of hydrogen-bond acceptors (Lipinski definition) is 5. The second-order valence-corrected chi connectivity index (χ2v) is 6.08. The Hall–Kier alpha value is -1.31. The van der Waals surface area contributed by atoms with E-state index in [4.69, 9.17) is 10.5 Å². The number of hydrazine groups is 1. The lowest BCUT2D eigenvalue weighted by atomic mass is 10.1. The first kappa shape index (κ1) is 13.1. The van der Waals surface area contributed by atoms with Gasteiger partial charge in [0.1, 0.15) is 10.6 Å². The van der Waals surface area contributed by atoms with Crippen LogP contribution in [-0.4, -0.2) is 34.1 Å². The minimum absolute atomic E-state index is 0.103. The predicted octanol–water partition coefficient (Wildman–Crippen LogP) is 0.349. The SMILES string of the molecule is CN(C)NS(=O)(=O)c1cc(N)cc2c1OCCC2. The van der Waals surface area contributed by atoms with Crippen LogP contribution in [0.5, 0.6) is 5.75 Å². The molecule has 1 aliphatic heterocycles. The van der Waals surface area contributed by atoms with Gasteiger partial charge in [-0.15, -0.1) is 4.83 Å². The molecule has 0 radical (unpaired) electrons. The average molecular weight is 271 g/mol. The van der Waals surface area contributed by atoms with E-state index in [2.05, 4.69) is 4.83 Å². The fourth-order valence-corrected chi connectivity index (χ4v) is 3.26. The van der Waals surface area contributed by atoms with Crippen molar-refractivity contribution in [3.8, 4) is 5.75 Å². The van der Waals surface area contributed by atoms with Gasteiger partial charge < -0.3 is 10.5 Å². The number of nitrogens with zero attached hydrogens (tertiary/aromatic N) is 1. The molecule has 1 heterocycles. The topological polar surface area (TPSA) is 84.7 Å². The van der Waals surface area contributed by atoms with E-state index in [1.807, 2.05) is 0 Å². The van der Waals surface area contributed by atoms with Crippen molar-refractivity contribution >= 4 is 15.7 Å². The summed E-state index contributed by atoms with van der Waals surface area (Å²) >= 11 is 0. The van der Waals surface area contributed by atoms with Gasteiger partial charge in [-0.25, -0.2) is 13.4 Å². The Balaban J connectivity index is 2.53. The Kier molecular flexibility index (Phi) is 3.47. The van der Waals surface area contributed by atoms with Crippen molar-refractivity contribution in [1.29, 1.82) is 0 Å². The number of rotatable bonds is 3. The third-order valence-electron chi connectivity index (χ3n) is 2.58. The number of hydrogen-bond donors (Lipinski definition) is 2. The maximum atomic E-state index is 12.2. The smallest absolute Gasteiger partial charge is 0.257 e. The van der Waals surface area contributed by atoms with Crippen molar-refractivity contribution < 1.29 is 13.2 Å². The van der Waals surface area contributed by atoms with Gasteiger partial charge in [0.2, 0.25) is 0 Å². The van der Waals surface area contributed by atoms with E-state index < -0.39 is 10.0 Å². The number of fused-ring (bicyclic) bond motifs is 1. The number of sulfonamides is 1. The molecule has 0 amide bonds. The summed E-state index contributed by atoms with van der Waals surface area (Å²) in [5, 5.41) is 1.37. The highest BCUT2D eigenvalue weighted by atomic mass is 32.2. The lowest BCUT2D eigenvalue weighted by Gasteiger charge is -2.22. The summed E-state index contributed by atoms with van der Waals surface area (Å²) in [5.41, 5.74) is 7.03. The normalized spacial score (nSPS) is 15.3. The highest BCUT2D eigenvalue weighted by Crippen LogP contribution is 2.34. The zero-order chi connectivity index (χ0) is 13.3. The fraction of sp³-hybridized carbons (Fsp3) is 0.455. The molecule has 0 atom stereocenters. The minimum atomic E-state index is -3.65. The third kappa shape index (κ3) is 2.58. The molecule has 0 saturated heterocycles. The standard InChI is InChI=1S/C11H17N3O3S/c1-14(2)13-18(15,16)10-7-9(12)6-8-4-3-5-17-11(8)10/h6-7,13H,3-5,12H2,1-2H3. The Morgan fingerprint density at radius 2 is 2.11 bits per heavy atom. The van der Waals surface area contributed by atoms with E-state index in [0.29, 0.717) is 18.0 Å². The molecule has 0 bridgehead atoms. The first-order chi connectivity index (χ1) is 8.40. The second-order valence-electron chi connectivity index (χ2n) is 4.45. The lowest BCUT2D eigenvalue weighted by Crippen LogP contribution is -2.36. The quantitative estimate of drug-likeness (QED) is 0.612. The van der Waals surface area contributed by atoms with Gasteiger partial charge in [0, 0.05) is 19.8 Å². The van der Waals surface area contributed by atoms with E-state index in [-0.39, 0.29) is 4.90 Å². The summed E-state index contributed by atoms with van der Waals surface area (Å²) in [7, 11) is -0.436. The molecular formula is C11H17N3O3S. The van der Waals surface area contributed by atoms with Crippen LogP contribution in [0.2, 0.25) is 0 Å². The number of ether oxygens (including phenoxy) is 1. The fourth-order valence-electron chi connectivity index (χ4n) is 1.96. The van der Waals surface area contributed by atoms with Crippen LogP contribution in [0.1, 0.15) is 12.0 Å². The molecule has 0 fully saturated rings. The second kappa shape index (κ2) is 4.75. The van der Waals surface area contributed by atoms with E-state index in [1.54, 1.807) is 20.2 Å². The Labute approximate surface area is 107 Å². The number of anilines is 1. The van der Waals surface area contributed by atoms with Crippen LogP contribution in [0.25, 0.3) is 0 Å². The van der Waals surface area contributed by atoms with Gasteiger partial charge >= 0.3 is 0 Å². The van der Waals surface area contributed by atoms with Crippen LogP contribution in [0.3, 0.4) is 0 Å². The summed E-state index contributed by atoms with van der Waals surface area (Å²) in [4.78, 5) is 2.49.